The van der Waals surface area contributed by atoms with E-state index in [9.17, 15) is 14.4 Å². The van der Waals surface area contributed by atoms with Gasteiger partial charge in [0.1, 0.15) is 13.2 Å². The molecule has 0 N–H and O–H groups in total. The van der Waals surface area contributed by atoms with Crippen LogP contribution in [0.5, 0.6) is 0 Å². The van der Waals surface area contributed by atoms with Crippen molar-refractivity contribution in [3.63, 3.8) is 0 Å². The summed E-state index contributed by atoms with van der Waals surface area (Å²) in [7, 11) is 0. The second kappa shape index (κ2) is 56.7. The Labute approximate surface area is 438 Å². The first kappa shape index (κ1) is 68.4. The molecule has 0 aliphatic heterocycles. The molecule has 0 saturated carbocycles. The molecule has 2 atom stereocenters. The van der Waals surface area contributed by atoms with Crippen LogP contribution in [0.2, 0.25) is 0 Å². The van der Waals surface area contributed by atoms with E-state index in [-0.39, 0.29) is 31.1 Å². The fourth-order valence-electron chi connectivity index (χ4n) is 9.90. The second-order valence-electron chi connectivity index (χ2n) is 22.8. The highest BCUT2D eigenvalue weighted by Gasteiger charge is 2.19. The van der Waals surface area contributed by atoms with E-state index in [0.29, 0.717) is 19.3 Å². The SMILES string of the molecule is CCCCCCCCCCCCCCCCCC(=O)OC[C@H](COC(=O)CCCCCCCCCCCCCCCCC(C)CC)OC(=O)CCCCCCCCCCCCCCCCCCC(C)C. The van der Waals surface area contributed by atoms with Crippen molar-refractivity contribution in [2.45, 2.75) is 368 Å². The molecule has 0 aromatic rings. The lowest BCUT2D eigenvalue weighted by Crippen LogP contribution is -2.30. The van der Waals surface area contributed by atoms with E-state index >= 15 is 0 Å². The van der Waals surface area contributed by atoms with E-state index in [4.69, 9.17) is 14.2 Å². The third-order valence-electron chi connectivity index (χ3n) is 15.1. The Balaban J connectivity index is 4.29. The summed E-state index contributed by atoms with van der Waals surface area (Å²) in [6.45, 7) is 11.5. The zero-order valence-electron chi connectivity index (χ0n) is 48.2. The Morgan fingerprint density at radius 2 is 0.543 bits per heavy atom. The molecule has 6 heteroatoms. The number of hydrogen-bond donors (Lipinski definition) is 0. The van der Waals surface area contributed by atoms with Gasteiger partial charge in [0.05, 0.1) is 0 Å². The van der Waals surface area contributed by atoms with Gasteiger partial charge in [-0.05, 0) is 31.1 Å². The van der Waals surface area contributed by atoms with Crippen molar-refractivity contribution >= 4 is 17.9 Å². The van der Waals surface area contributed by atoms with Crippen LogP contribution in [0.25, 0.3) is 0 Å². The first-order chi connectivity index (χ1) is 34.3. The molecular formula is C64H124O6. The molecule has 0 fully saturated rings. The van der Waals surface area contributed by atoms with E-state index in [0.717, 1.165) is 69.6 Å². The maximum absolute atomic E-state index is 12.9. The molecule has 70 heavy (non-hydrogen) atoms. The minimum atomic E-state index is -0.763. The molecule has 0 rings (SSSR count). The fourth-order valence-corrected chi connectivity index (χ4v) is 9.90. The second-order valence-corrected chi connectivity index (χ2v) is 22.8. The van der Waals surface area contributed by atoms with Gasteiger partial charge in [0.15, 0.2) is 6.10 Å². The molecule has 0 heterocycles. The van der Waals surface area contributed by atoms with Crippen molar-refractivity contribution in [2.75, 3.05) is 13.2 Å². The molecule has 0 aromatic carbocycles. The molecule has 0 amide bonds. The summed E-state index contributed by atoms with van der Waals surface area (Å²) >= 11 is 0. The molecular weight excluding hydrogens is 865 g/mol. The number of hydrogen-bond acceptors (Lipinski definition) is 6. The lowest BCUT2D eigenvalue weighted by atomic mass is 9.99. The molecule has 0 aromatic heterocycles. The summed E-state index contributed by atoms with van der Waals surface area (Å²) in [5.41, 5.74) is 0. The summed E-state index contributed by atoms with van der Waals surface area (Å²) in [5, 5.41) is 0. The molecule has 0 radical (unpaired) electrons. The van der Waals surface area contributed by atoms with Crippen molar-refractivity contribution in [3.8, 4) is 0 Å². The number of carbonyl (C=O) groups is 3. The van der Waals surface area contributed by atoms with Gasteiger partial charge in [0, 0.05) is 19.3 Å². The van der Waals surface area contributed by atoms with Crippen LogP contribution in [0.15, 0.2) is 0 Å². The average Bonchev–Trinajstić information content (AvgIpc) is 3.35. The summed E-state index contributed by atoms with van der Waals surface area (Å²) < 4.78 is 17.0. The largest absolute Gasteiger partial charge is 0.462 e. The molecule has 0 spiro atoms. The van der Waals surface area contributed by atoms with Crippen molar-refractivity contribution < 1.29 is 28.6 Å². The minimum Gasteiger partial charge on any atom is -0.462 e. The maximum atomic E-state index is 12.9. The van der Waals surface area contributed by atoms with E-state index in [1.165, 1.54) is 250 Å². The van der Waals surface area contributed by atoms with Crippen LogP contribution in [0, 0.1) is 11.8 Å². The third-order valence-corrected chi connectivity index (χ3v) is 15.1. The van der Waals surface area contributed by atoms with E-state index in [1.807, 2.05) is 0 Å². The Morgan fingerprint density at radius 3 is 0.814 bits per heavy atom. The van der Waals surface area contributed by atoms with Gasteiger partial charge in [-0.3, -0.25) is 14.4 Å². The molecule has 0 aliphatic rings. The van der Waals surface area contributed by atoms with Crippen LogP contribution in [0.1, 0.15) is 362 Å². The first-order valence-corrected chi connectivity index (χ1v) is 31.8. The average molecular weight is 990 g/mol. The predicted octanol–water partition coefficient (Wildman–Crippen LogP) is 21.2. The Morgan fingerprint density at radius 1 is 0.300 bits per heavy atom. The zero-order chi connectivity index (χ0) is 51.1. The fraction of sp³-hybridized carbons (Fsp3) is 0.953. The van der Waals surface area contributed by atoms with Crippen LogP contribution in [0.4, 0.5) is 0 Å². The number of unbranched alkanes of at least 4 members (excludes halogenated alkanes) is 42. The Hall–Kier alpha value is -1.59. The van der Waals surface area contributed by atoms with Gasteiger partial charge in [0.2, 0.25) is 0 Å². The van der Waals surface area contributed by atoms with Crippen LogP contribution < -0.4 is 0 Å². The van der Waals surface area contributed by atoms with Gasteiger partial charge in [-0.15, -0.1) is 0 Å². The predicted molar refractivity (Wildman–Crippen MR) is 303 cm³/mol. The normalized spacial score (nSPS) is 12.4. The molecule has 1 unspecified atom stereocenters. The van der Waals surface area contributed by atoms with Crippen molar-refractivity contribution in [1.82, 2.24) is 0 Å². The van der Waals surface area contributed by atoms with Gasteiger partial charge in [-0.1, -0.05) is 324 Å². The third kappa shape index (κ3) is 55.7. The van der Waals surface area contributed by atoms with E-state index < -0.39 is 6.10 Å². The maximum Gasteiger partial charge on any atom is 0.306 e. The zero-order valence-corrected chi connectivity index (χ0v) is 48.2. The lowest BCUT2D eigenvalue weighted by Gasteiger charge is -2.18. The molecule has 0 aliphatic carbocycles. The Bertz CT molecular complexity index is 1070. The quantitative estimate of drug-likeness (QED) is 0.0343. The van der Waals surface area contributed by atoms with Crippen LogP contribution in [-0.2, 0) is 28.6 Å². The smallest absolute Gasteiger partial charge is 0.306 e. The topological polar surface area (TPSA) is 78.9 Å². The summed E-state index contributed by atoms with van der Waals surface area (Å²) in [6, 6.07) is 0. The summed E-state index contributed by atoms with van der Waals surface area (Å²) in [6.07, 6.45) is 62.3. The number of ether oxygens (including phenoxy) is 3. The van der Waals surface area contributed by atoms with E-state index in [1.54, 1.807) is 0 Å². The highest BCUT2D eigenvalue weighted by molar-refractivity contribution is 5.71. The van der Waals surface area contributed by atoms with Gasteiger partial charge < -0.3 is 14.2 Å². The molecule has 0 saturated heterocycles. The standard InChI is InChI=1S/C64H124O6/c1-6-8-9-10-11-12-13-14-17-24-29-34-39-44-49-54-62(65)68-57-61(58-69-63(66)55-50-45-40-35-30-25-21-20-23-28-33-38-43-48-53-60(5)7-2)70-64(67)56-51-46-41-36-31-26-19-16-15-18-22-27-32-37-42-47-52-59(3)4/h59-61H,6-58H2,1-5H3/t60?,61-/m1/s1. The molecule has 416 valence electrons. The van der Waals surface area contributed by atoms with E-state index in [2.05, 4.69) is 34.6 Å². The molecule has 6 nitrogen and oxygen atoms in total. The summed E-state index contributed by atoms with van der Waals surface area (Å²) in [5.74, 6) is 0.916. The first-order valence-electron chi connectivity index (χ1n) is 31.8. The molecule has 0 bridgehead atoms. The van der Waals surface area contributed by atoms with Gasteiger partial charge in [-0.2, -0.15) is 0 Å². The number of rotatable bonds is 58. The van der Waals surface area contributed by atoms with Crippen molar-refractivity contribution in [2.24, 2.45) is 11.8 Å². The summed E-state index contributed by atoms with van der Waals surface area (Å²) in [4.78, 5) is 38.3. The van der Waals surface area contributed by atoms with Crippen LogP contribution in [-0.4, -0.2) is 37.2 Å². The van der Waals surface area contributed by atoms with Crippen molar-refractivity contribution in [3.05, 3.63) is 0 Å². The monoisotopic (exact) mass is 989 g/mol. The van der Waals surface area contributed by atoms with Gasteiger partial charge in [0.25, 0.3) is 0 Å². The number of esters is 3. The number of carbonyl (C=O) groups excluding carboxylic acids is 3. The lowest BCUT2D eigenvalue weighted by molar-refractivity contribution is -0.167. The van der Waals surface area contributed by atoms with Crippen LogP contribution >= 0.6 is 0 Å². The highest BCUT2D eigenvalue weighted by Crippen LogP contribution is 2.19. The van der Waals surface area contributed by atoms with Crippen LogP contribution in [0.3, 0.4) is 0 Å². The van der Waals surface area contributed by atoms with Crippen molar-refractivity contribution in [1.29, 1.82) is 0 Å². The Kier molecular flexibility index (Phi) is 55.4. The highest BCUT2D eigenvalue weighted by atomic mass is 16.6. The van der Waals surface area contributed by atoms with Gasteiger partial charge in [-0.25, -0.2) is 0 Å². The van der Waals surface area contributed by atoms with Gasteiger partial charge >= 0.3 is 17.9 Å². The minimum absolute atomic E-state index is 0.0618.